The third-order valence-corrected chi connectivity index (χ3v) is 6.66. The molecule has 0 bridgehead atoms. The molecule has 174 valence electrons. The predicted molar refractivity (Wildman–Crippen MR) is 132 cm³/mol. The largest absolute Gasteiger partial charge is 0.331 e. The average molecular weight is 449 g/mol. The van der Waals surface area contributed by atoms with Crippen molar-refractivity contribution in [2.75, 3.05) is 12.4 Å². The smallest absolute Gasteiger partial charge is 0.324 e. The van der Waals surface area contributed by atoms with E-state index in [1.54, 1.807) is 31.2 Å². The van der Waals surface area contributed by atoms with Crippen molar-refractivity contribution in [3.63, 3.8) is 0 Å². The maximum atomic E-state index is 13.0. The fourth-order valence-corrected chi connectivity index (χ4v) is 4.84. The molecule has 1 fully saturated rings. The minimum atomic E-state index is -0.471. The van der Waals surface area contributed by atoms with Gasteiger partial charge >= 0.3 is 5.69 Å². The van der Waals surface area contributed by atoms with E-state index < -0.39 is 5.69 Å². The van der Waals surface area contributed by atoms with Crippen LogP contribution in [0, 0.1) is 0 Å². The summed E-state index contributed by atoms with van der Waals surface area (Å²) >= 11 is 0. The van der Waals surface area contributed by atoms with Crippen molar-refractivity contribution in [1.29, 1.82) is 0 Å². The van der Waals surface area contributed by atoms with Gasteiger partial charge in [0.2, 0.25) is 5.91 Å². The number of amides is 1. The van der Waals surface area contributed by atoms with Crippen molar-refractivity contribution in [2.24, 2.45) is 0 Å². The number of para-hydroxylation sites is 2. The van der Waals surface area contributed by atoms with Crippen molar-refractivity contribution in [3.05, 3.63) is 74.9 Å². The van der Waals surface area contributed by atoms with Gasteiger partial charge in [-0.2, -0.15) is 0 Å². The number of aromatic nitrogens is 2. The Labute approximate surface area is 193 Å². The number of carbonyl (C=O) groups excluding carboxylic acids is 1. The molecule has 1 amide bonds. The standard InChI is InChI=1S/C26H32N4O3/c1-3-29-25(32)21-14-8-10-16-23(21)30(26(29)33)18-24(31)27-22-15-9-7-11-19(22)17-28(2)20-12-5-4-6-13-20/h7-11,14-16,20H,3-6,12-13,17-18H2,1-2H3,(H,27,31). The Morgan fingerprint density at radius 2 is 1.70 bits per heavy atom. The van der Waals surface area contributed by atoms with E-state index >= 15 is 0 Å². The van der Waals surface area contributed by atoms with Crippen LogP contribution in [-0.4, -0.2) is 33.0 Å². The van der Waals surface area contributed by atoms with E-state index in [0.717, 1.165) is 17.8 Å². The Morgan fingerprint density at radius 1 is 1.00 bits per heavy atom. The number of hydrogen-bond acceptors (Lipinski definition) is 4. The fourth-order valence-electron chi connectivity index (χ4n) is 4.84. The van der Waals surface area contributed by atoms with Gasteiger partial charge in [0.1, 0.15) is 6.54 Å². The highest BCUT2D eigenvalue weighted by molar-refractivity contribution is 5.92. The summed E-state index contributed by atoms with van der Waals surface area (Å²) in [6.45, 7) is 2.60. The molecule has 0 atom stereocenters. The molecule has 33 heavy (non-hydrogen) atoms. The van der Waals surface area contributed by atoms with Gasteiger partial charge < -0.3 is 5.32 Å². The normalized spacial score (nSPS) is 14.6. The van der Waals surface area contributed by atoms with Gasteiger partial charge in [0.15, 0.2) is 0 Å². The van der Waals surface area contributed by atoms with E-state index in [9.17, 15) is 14.4 Å². The lowest BCUT2D eigenvalue weighted by Crippen LogP contribution is -2.41. The van der Waals surface area contributed by atoms with E-state index in [1.165, 1.54) is 41.2 Å². The van der Waals surface area contributed by atoms with Crippen LogP contribution in [0.2, 0.25) is 0 Å². The first-order valence-electron chi connectivity index (χ1n) is 11.8. The van der Waals surface area contributed by atoms with Crippen LogP contribution in [0.25, 0.3) is 10.9 Å². The molecule has 0 saturated heterocycles. The molecule has 7 heteroatoms. The minimum absolute atomic E-state index is 0.160. The Bertz CT molecular complexity index is 1250. The third-order valence-electron chi connectivity index (χ3n) is 6.66. The molecule has 1 aromatic heterocycles. The SMILES string of the molecule is CCn1c(=O)c2ccccc2n(CC(=O)Nc2ccccc2CN(C)C2CCCCC2)c1=O. The fraction of sp³-hybridized carbons (Fsp3) is 0.423. The Kier molecular flexibility index (Phi) is 7.08. The molecule has 1 heterocycles. The summed E-state index contributed by atoms with van der Waals surface area (Å²) in [4.78, 5) is 41.0. The molecule has 0 radical (unpaired) electrons. The van der Waals surface area contributed by atoms with Crippen molar-refractivity contribution < 1.29 is 4.79 Å². The van der Waals surface area contributed by atoms with Crippen LogP contribution in [0.4, 0.5) is 5.69 Å². The van der Waals surface area contributed by atoms with Crippen molar-refractivity contribution in [2.45, 2.75) is 64.7 Å². The van der Waals surface area contributed by atoms with Crippen LogP contribution < -0.4 is 16.6 Å². The van der Waals surface area contributed by atoms with Crippen molar-refractivity contribution in [3.8, 4) is 0 Å². The summed E-state index contributed by atoms with van der Waals surface area (Å²) in [5.74, 6) is -0.295. The molecule has 0 spiro atoms. The molecule has 7 nitrogen and oxygen atoms in total. The maximum absolute atomic E-state index is 13.0. The second kappa shape index (κ2) is 10.2. The highest BCUT2D eigenvalue weighted by Crippen LogP contribution is 2.25. The van der Waals surface area contributed by atoms with Gasteiger partial charge in [-0.3, -0.25) is 23.6 Å². The molecule has 0 unspecified atom stereocenters. The summed E-state index contributed by atoms with van der Waals surface area (Å²) in [5, 5.41) is 3.43. The minimum Gasteiger partial charge on any atom is -0.324 e. The number of nitrogens with zero attached hydrogens (tertiary/aromatic N) is 3. The number of carbonyl (C=O) groups is 1. The summed E-state index contributed by atoms with van der Waals surface area (Å²) in [7, 11) is 2.15. The first kappa shape index (κ1) is 23.0. The lowest BCUT2D eigenvalue weighted by atomic mass is 9.94. The third kappa shape index (κ3) is 4.93. The van der Waals surface area contributed by atoms with Crippen molar-refractivity contribution >= 4 is 22.5 Å². The zero-order chi connectivity index (χ0) is 23.4. The number of hydrogen-bond donors (Lipinski definition) is 1. The van der Waals surface area contributed by atoms with Crippen LogP contribution in [0.15, 0.2) is 58.1 Å². The van der Waals surface area contributed by atoms with Gasteiger partial charge in [-0.1, -0.05) is 49.6 Å². The van der Waals surface area contributed by atoms with Gasteiger partial charge in [0, 0.05) is 24.8 Å². The number of nitrogens with one attached hydrogen (secondary N) is 1. The van der Waals surface area contributed by atoms with Crippen molar-refractivity contribution in [1.82, 2.24) is 14.0 Å². The number of rotatable bonds is 7. The molecule has 2 aromatic carbocycles. The van der Waals surface area contributed by atoms with Gasteiger partial charge in [-0.25, -0.2) is 4.79 Å². The van der Waals surface area contributed by atoms with Crippen LogP contribution in [0.1, 0.15) is 44.6 Å². The number of fused-ring (bicyclic) bond motifs is 1. The van der Waals surface area contributed by atoms with E-state index in [2.05, 4.69) is 17.3 Å². The molecular weight excluding hydrogens is 416 g/mol. The summed E-state index contributed by atoms with van der Waals surface area (Å²) in [5.41, 5.74) is 1.48. The van der Waals surface area contributed by atoms with E-state index in [1.807, 2.05) is 24.3 Å². The molecule has 1 saturated carbocycles. The van der Waals surface area contributed by atoms with Crippen LogP contribution >= 0.6 is 0 Å². The van der Waals surface area contributed by atoms with Gasteiger partial charge in [-0.15, -0.1) is 0 Å². The monoisotopic (exact) mass is 448 g/mol. The quantitative estimate of drug-likeness (QED) is 0.599. The average Bonchev–Trinajstić information content (AvgIpc) is 2.84. The summed E-state index contributed by atoms with van der Waals surface area (Å²) < 4.78 is 2.55. The lowest BCUT2D eigenvalue weighted by Gasteiger charge is -2.31. The maximum Gasteiger partial charge on any atom is 0.331 e. The topological polar surface area (TPSA) is 76.3 Å². The zero-order valence-electron chi connectivity index (χ0n) is 19.4. The molecular formula is C26H32N4O3. The molecule has 3 aromatic rings. The first-order valence-corrected chi connectivity index (χ1v) is 11.8. The highest BCUT2D eigenvalue weighted by Gasteiger charge is 2.20. The molecule has 1 N–H and O–H groups in total. The number of benzene rings is 2. The van der Waals surface area contributed by atoms with E-state index in [0.29, 0.717) is 16.9 Å². The second-order valence-electron chi connectivity index (χ2n) is 8.85. The Hall–Kier alpha value is -3.19. The zero-order valence-corrected chi connectivity index (χ0v) is 19.4. The van der Waals surface area contributed by atoms with E-state index in [-0.39, 0.29) is 24.6 Å². The first-order chi connectivity index (χ1) is 16.0. The molecule has 0 aliphatic heterocycles. The Balaban J connectivity index is 1.57. The van der Waals surface area contributed by atoms with Gasteiger partial charge in [0.25, 0.3) is 5.56 Å². The van der Waals surface area contributed by atoms with Gasteiger partial charge in [0.05, 0.1) is 10.9 Å². The second-order valence-corrected chi connectivity index (χ2v) is 8.85. The van der Waals surface area contributed by atoms with E-state index in [4.69, 9.17) is 0 Å². The Morgan fingerprint density at radius 3 is 2.45 bits per heavy atom. The van der Waals surface area contributed by atoms with Gasteiger partial charge in [-0.05, 0) is 50.6 Å². The molecule has 1 aliphatic rings. The predicted octanol–water partition coefficient (Wildman–Crippen LogP) is 3.59. The number of anilines is 1. The molecule has 1 aliphatic carbocycles. The lowest BCUT2D eigenvalue weighted by molar-refractivity contribution is -0.116. The van der Waals surface area contributed by atoms with Crippen LogP contribution in [0.5, 0.6) is 0 Å². The van der Waals surface area contributed by atoms with Crippen LogP contribution in [0.3, 0.4) is 0 Å². The highest BCUT2D eigenvalue weighted by atomic mass is 16.2. The summed E-state index contributed by atoms with van der Waals surface area (Å²) in [6, 6.07) is 15.3. The molecule has 4 rings (SSSR count). The van der Waals surface area contributed by atoms with Crippen LogP contribution in [-0.2, 0) is 24.4 Å². The summed E-state index contributed by atoms with van der Waals surface area (Å²) in [6.07, 6.45) is 6.30.